The number of aryl methyl sites for hydroxylation is 2. The second kappa shape index (κ2) is 4.76. The highest BCUT2D eigenvalue weighted by Gasteiger charge is 2.19. The van der Waals surface area contributed by atoms with Crippen molar-refractivity contribution in [3.63, 3.8) is 0 Å². The number of hydrogen-bond acceptors (Lipinski definition) is 2. The van der Waals surface area contributed by atoms with E-state index in [4.69, 9.17) is 4.42 Å². The first-order valence-corrected chi connectivity index (χ1v) is 6.49. The number of benzene rings is 2. The van der Waals surface area contributed by atoms with Crippen LogP contribution in [0.2, 0.25) is 0 Å². The fourth-order valence-electron chi connectivity index (χ4n) is 2.35. The van der Waals surface area contributed by atoms with Gasteiger partial charge in [-0.05, 0) is 37.6 Å². The minimum Gasteiger partial charge on any atom is -0.458 e. The predicted octanol–water partition coefficient (Wildman–Crippen LogP) is 4.27. The van der Waals surface area contributed by atoms with Gasteiger partial charge in [0.2, 0.25) is 0 Å². The molecule has 3 heteroatoms. The maximum atomic E-state index is 14.1. The first-order valence-electron chi connectivity index (χ1n) is 6.49. The van der Waals surface area contributed by atoms with Crippen LogP contribution < -0.4 is 0 Å². The summed E-state index contributed by atoms with van der Waals surface area (Å²) >= 11 is 0. The van der Waals surface area contributed by atoms with Crippen LogP contribution in [0.25, 0.3) is 11.0 Å². The summed E-state index contributed by atoms with van der Waals surface area (Å²) in [5, 5.41) is 11.2. The number of fused-ring (bicyclic) bond motifs is 1. The van der Waals surface area contributed by atoms with Gasteiger partial charge in [0.15, 0.2) is 0 Å². The Kier molecular flexibility index (Phi) is 3.07. The van der Waals surface area contributed by atoms with Crippen LogP contribution >= 0.6 is 0 Å². The van der Waals surface area contributed by atoms with Crippen molar-refractivity contribution in [1.82, 2.24) is 0 Å². The molecule has 3 aromatic rings. The summed E-state index contributed by atoms with van der Waals surface area (Å²) in [6, 6.07) is 12.5. The smallest absolute Gasteiger partial charge is 0.139 e. The molecular formula is C17H15FO2. The second-order valence-corrected chi connectivity index (χ2v) is 5.07. The van der Waals surface area contributed by atoms with Crippen LogP contribution in [0.5, 0.6) is 0 Å². The summed E-state index contributed by atoms with van der Waals surface area (Å²) in [6.45, 7) is 3.66. The Labute approximate surface area is 116 Å². The SMILES string of the molecule is Cc1ccc2oc(C(O)c3cccc(C)c3F)cc2c1. The summed E-state index contributed by atoms with van der Waals surface area (Å²) in [5.74, 6) is -0.0354. The second-order valence-electron chi connectivity index (χ2n) is 5.07. The van der Waals surface area contributed by atoms with Gasteiger partial charge in [-0.15, -0.1) is 0 Å². The third kappa shape index (κ3) is 2.10. The van der Waals surface area contributed by atoms with Crippen molar-refractivity contribution in [2.75, 3.05) is 0 Å². The van der Waals surface area contributed by atoms with E-state index in [1.165, 1.54) is 0 Å². The molecule has 1 N–H and O–H groups in total. The van der Waals surface area contributed by atoms with Crippen LogP contribution in [0.3, 0.4) is 0 Å². The lowest BCUT2D eigenvalue weighted by Gasteiger charge is -2.10. The average Bonchev–Trinajstić information content (AvgIpc) is 2.84. The first kappa shape index (κ1) is 12.9. The third-order valence-electron chi connectivity index (χ3n) is 3.48. The number of halogens is 1. The lowest BCUT2D eigenvalue weighted by Crippen LogP contribution is -2.02. The highest BCUT2D eigenvalue weighted by atomic mass is 19.1. The zero-order valence-electron chi connectivity index (χ0n) is 11.4. The minimum absolute atomic E-state index is 0.237. The molecule has 1 heterocycles. The average molecular weight is 270 g/mol. The van der Waals surface area contributed by atoms with Crippen molar-refractivity contribution in [2.45, 2.75) is 20.0 Å². The van der Waals surface area contributed by atoms with Crippen molar-refractivity contribution < 1.29 is 13.9 Å². The van der Waals surface area contributed by atoms with Gasteiger partial charge in [-0.3, -0.25) is 0 Å². The van der Waals surface area contributed by atoms with Gasteiger partial charge in [-0.1, -0.05) is 29.8 Å². The van der Waals surface area contributed by atoms with E-state index in [1.54, 1.807) is 31.2 Å². The van der Waals surface area contributed by atoms with Crippen LogP contribution in [0.1, 0.15) is 28.6 Å². The van der Waals surface area contributed by atoms with Crippen molar-refractivity contribution in [3.8, 4) is 0 Å². The Morgan fingerprint density at radius 3 is 2.70 bits per heavy atom. The number of hydrogen-bond donors (Lipinski definition) is 1. The van der Waals surface area contributed by atoms with Crippen LogP contribution in [0.15, 0.2) is 46.9 Å². The van der Waals surface area contributed by atoms with E-state index < -0.39 is 11.9 Å². The number of aliphatic hydroxyl groups excluding tert-OH is 1. The van der Waals surface area contributed by atoms with E-state index in [-0.39, 0.29) is 5.56 Å². The van der Waals surface area contributed by atoms with Gasteiger partial charge in [0.1, 0.15) is 23.3 Å². The molecule has 0 amide bonds. The van der Waals surface area contributed by atoms with Gasteiger partial charge in [0.05, 0.1) is 0 Å². The molecule has 0 bridgehead atoms. The van der Waals surface area contributed by atoms with Gasteiger partial charge < -0.3 is 9.52 Å². The van der Waals surface area contributed by atoms with Crippen LogP contribution in [-0.4, -0.2) is 5.11 Å². The molecule has 1 aromatic heterocycles. The topological polar surface area (TPSA) is 33.4 Å². The Bertz CT molecular complexity index is 774. The summed E-state index contributed by atoms with van der Waals surface area (Å²) in [6.07, 6.45) is -1.09. The lowest BCUT2D eigenvalue weighted by atomic mass is 10.0. The molecule has 3 rings (SSSR count). The summed E-state index contributed by atoms with van der Waals surface area (Å²) in [5.41, 5.74) is 2.55. The van der Waals surface area contributed by atoms with Gasteiger partial charge in [0, 0.05) is 10.9 Å². The molecular weight excluding hydrogens is 255 g/mol. The zero-order valence-corrected chi connectivity index (χ0v) is 11.4. The largest absolute Gasteiger partial charge is 0.458 e. The summed E-state index contributed by atoms with van der Waals surface area (Å²) < 4.78 is 19.7. The first-order chi connectivity index (χ1) is 9.56. The molecule has 1 atom stereocenters. The van der Waals surface area contributed by atoms with Crippen LogP contribution in [0, 0.1) is 19.7 Å². The molecule has 20 heavy (non-hydrogen) atoms. The van der Waals surface area contributed by atoms with Gasteiger partial charge >= 0.3 is 0 Å². The highest BCUT2D eigenvalue weighted by Crippen LogP contribution is 2.30. The monoisotopic (exact) mass is 270 g/mol. The Morgan fingerprint density at radius 2 is 1.90 bits per heavy atom. The molecule has 0 aliphatic carbocycles. The van der Waals surface area contributed by atoms with E-state index in [1.807, 2.05) is 25.1 Å². The maximum Gasteiger partial charge on any atom is 0.139 e. The Morgan fingerprint density at radius 1 is 1.10 bits per heavy atom. The van der Waals surface area contributed by atoms with E-state index >= 15 is 0 Å². The molecule has 1 unspecified atom stereocenters. The van der Waals surface area contributed by atoms with Gasteiger partial charge in [-0.2, -0.15) is 0 Å². The normalized spacial score (nSPS) is 12.8. The third-order valence-corrected chi connectivity index (χ3v) is 3.48. The van der Waals surface area contributed by atoms with E-state index in [0.717, 1.165) is 10.9 Å². The number of aliphatic hydroxyl groups is 1. The lowest BCUT2D eigenvalue weighted by molar-refractivity contribution is 0.187. The van der Waals surface area contributed by atoms with Gasteiger partial charge in [-0.25, -0.2) is 4.39 Å². The van der Waals surface area contributed by atoms with E-state index in [9.17, 15) is 9.50 Å². The molecule has 0 radical (unpaired) electrons. The molecule has 2 aromatic carbocycles. The van der Waals surface area contributed by atoms with Crippen LogP contribution in [-0.2, 0) is 0 Å². The molecule has 0 fully saturated rings. The number of rotatable bonds is 2. The van der Waals surface area contributed by atoms with Crippen molar-refractivity contribution in [2.24, 2.45) is 0 Å². The van der Waals surface area contributed by atoms with Crippen molar-refractivity contribution in [3.05, 3.63) is 70.7 Å². The van der Waals surface area contributed by atoms with Gasteiger partial charge in [0.25, 0.3) is 0 Å². The van der Waals surface area contributed by atoms with Crippen molar-refractivity contribution >= 4 is 11.0 Å². The Balaban J connectivity index is 2.08. The highest BCUT2D eigenvalue weighted by molar-refractivity contribution is 5.78. The standard InChI is InChI=1S/C17H15FO2/c1-10-6-7-14-12(8-10)9-15(20-14)17(19)13-5-3-4-11(2)16(13)18/h3-9,17,19H,1-2H3. The Hall–Kier alpha value is -2.13. The summed E-state index contributed by atoms with van der Waals surface area (Å²) in [4.78, 5) is 0. The van der Waals surface area contributed by atoms with E-state index in [0.29, 0.717) is 16.9 Å². The fourth-order valence-corrected chi connectivity index (χ4v) is 2.35. The fraction of sp³-hybridized carbons (Fsp3) is 0.176. The van der Waals surface area contributed by atoms with Crippen molar-refractivity contribution in [1.29, 1.82) is 0 Å². The summed E-state index contributed by atoms with van der Waals surface area (Å²) in [7, 11) is 0. The molecule has 2 nitrogen and oxygen atoms in total. The molecule has 0 saturated heterocycles. The zero-order chi connectivity index (χ0) is 14.3. The predicted molar refractivity (Wildman–Crippen MR) is 76.1 cm³/mol. The molecule has 0 aliphatic heterocycles. The molecule has 0 saturated carbocycles. The molecule has 102 valence electrons. The van der Waals surface area contributed by atoms with E-state index in [2.05, 4.69) is 0 Å². The molecule has 0 spiro atoms. The quantitative estimate of drug-likeness (QED) is 0.754. The maximum absolute atomic E-state index is 14.1. The van der Waals surface area contributed by atoms with Crippen LogP contribution in [0.4, 0.5) is 4.39 Å². The minimum atomic E-state index is -1.09. The molecule has 0 aliphatic rings. The number of furan rings is 1.